The van der Waals surface area contributed by atoms with Gasteiger partial charge in [0.1, 0.15) is 0 Å². The average Bonchev–Trinajstić information content (AvgIpc) is 3.52. The van der Waals surface area contributed by atoms with Crippen LogP contribution in [0.2, 0.25) is 5.02 Å². The van der Waals surface area contributed by atoms with Crippen molar-refractivity contribution in [2.75, 3.05) is 29.4 Å². The van der Waals surface area contributed by atoms with Crippen molar-refractivity contribution < 1.29 is 26.0 Å². The van der Waals surface area contributed by atoms with Gasteiger partial charge in [0.2, 0.25) is 5.95 Å². The number of halogens is 5. The molecule has 38 heavy (non-hydrogen) atoms. The highest BCUT2D eigenvalue weighted by Gasteiger charge is 2.53. The Morgan fingerprint density at radius 1 is 0.974 bits per heavy atom. The van der Waals surface area contributed by atoms with E-state index in [1.54, 1.807) is 18.2 Å². The third-order valence-electron chi connectivity index (χ3n) is 6.94. The molecule has 1 saturated heterocycles. The summed E-state index contributed by atoms with van der Waals surface area (Å²) < 4.78 is 80.3. The Balaban J connectivity index is 1.40. The van der Waals surface area contributed by atoms with Crippen LogP contribution in [0.25, 0.3) is 10.9 Å². The molecule has 0 N–H and O–H groups in total. The van der Waals surface area contributed by atoms with Crippen LogP contribution in [-0.2, 0) is 16.2 Å². The first-order valence-electron chi connectivity index (χ1n) is 11.6. The van der Waals surface area contributed by atoms with Crippen molar-refractivity contribution in [1.82, 2.24) is 19.2 Å². The van der Waals surface area contributed by atoms with Gasteiger partial charge in [0.25, 0.3) is 10.0 Å². The lowest BCUT2D eigenvalue weighted by Crippen LogP contribution is -2.56. The molecule has 1 aliphatic carbocycles. The summed E-state index contributed by atoms with van der Waals surface area (Å²) in [4.78, 5) is 11.8. The number of fused-ring (bicyclic) bond motifs is 1. The third-order valence-corrected chi connectivity index (χ3v) is 8.85. The van der Waals surface area contributed by atoms with E-state index in [4.69, 9.17) is 11.6 Å². The number of aromatic nitrogens is 4. The topological polar surface area (TPSA) is 84.2 Å². The molecule has 0 unspecified atom stereocenters. The highest BCUT2D eigenvalue weighted by atomic mass is 35.5. The lowest BCUT2D eigenvalue weighted by Gasteiger charge is -2.42. The summed E-state index contributed by atoms with van der Waals surface area (Å²) in [6, 6.07) is 8.06. The predicted octanol–water partition coefficient (Wildman–Crippen LogP) is 4.73. The summed E-state index contributed by atoms with van der Waals surface area (Å²) in [5.74, 6) is 0.239. The van der Waals surface area contributed by atoms with Gasteiger partial charge in [0.15, 0.2) is 11.6 Å². The smallest absolute Gasteiger partial charge is 0.345 e. The lowest BCUT2D eigenvalue weighted by molar-refractivity contribution is -0.137. The minimum atomic E-state index is -4.60. The second-order valence-electron chi connectivity index (χ2n) is 9.33. The van der Waals surface area contributed by atoms with Crippen LogP contribution < -0.4 is 9.80 Å². The Morgan fingerprint density at radius 2 is 1.66 bits per heavy atom. The molecule has 2 aromatic carbocycles. The Bertz CT molecular complexity index is 1640. The van der Waals surface area contributed by atoms with E-state index >= 15 is 0 Å². The van der Waals surface area contributed by atoms with E-state index in [1.165, 1.54) is 0 Å². The first kappa shape index (κ1) is 24.9. The predicted molar refractivity (Wildman–Crippen MR) is 132 cm³/mol. The van der Waals surface area contributed by atoms with Crippen LogP contribution in [-0.4, -0.2) is 52.7 Å². The number of benzene rings is 2. The fourth-order valence-electron chi connectivity index (χ4n) is 4.89. The summed E-state index contributed by atoms with van der Waals surface area (Å²) >= 11 is 6.55. The Hall–Kier alpha value is -3.45. The lowest BCUT2D eigenvalue weighted by atomic mass is 10.1. The van der Waals surface area contributed by atoms with E-state index in [2.05, 4.69) is 15.1 Å². The maximum Gasteiger partial charge on any atom is 0.416 e. The van der Waals surface area contributed by atoms with Gasteiger partial charge in [-0.25, -0.2) is 14.4 Å². The van der Waals surface area contributed by atoms with Crippen LogP contribution in [0, 0.1) is 5.82 Å². The van der Waals surface area contributed by atoms with Gasteiger partial charge in [-0.05, 0) is 49.2 Å². The molecule has 14 heteroatoms. The minimum Gasteiger partial charge on any atom is -0.345 e. The SMILES string of the molecule is O=S(=O)(c1ccc(C(F)(F)F)cc1)n1nc(N2CCN(c3ncc(F)cn3)CC23CC3)c2c(Cl)cccc21. The number of piperazine rings is 1. The van der Waals surface area contributed by atoms with Gasteiger partial charge in [-0.2, -0.15) is 25.7 Å². The fourth-order valence-corrected chi connectivity index (χ4v) is 6.42. The molecule has 0 bridgehead atoms. The molecule has 2 aromatic heterocycles. The van der Waals surface area contributed by atoms with E-state index < -0.39 is 27.6 Å². The van der Waals surface area contributed by atoms with Gasteiger partial charge in [0, 0.05) is 19.6 Å². The molecule has 0 radical (unpaired) electrons. The number of alkyl halides is 3. The van der Waals surface area contributed by atoms with Crippen LogP contribution >= 0.6 is 11.6 Å². The summed E-state index contributed by atoms with van der Waals surface area (Å²) in [6.45, 7) is 1.43. The molecule has 1 aliphatic heterocycles. The zero-order chi connectivity index (χ0) is 26.9. The molecule has 0 amide bonds. The normalized spacial score (nSPS) is 17.4. The molecule has 2 aliphatic rings. The number of nitrogens with zero attached hydrogens (tertiary/aromatic N) is 6. The molecule has 2 fully saturated rings. The molecule has 1 saturated carbocycles. The van der Waals surface area contributed by atoms with E-state index in [9.17, 15) is 26.0 Å². The first-order valence-corrected chi connectivity index (χ1v) is 13.4. The van der Waals surface area contributed by atoms with Gasteiger partial charge in [-0.15, -0.1) is 5.10 Å². The quantitative estimate of drug-likeness (QED) is 0.330. The van der Waals surface area contributed by atoms with Gasteiger partial charge < -0.3 is 9.80 Å². The number of anilines is 2. The molecule has 6 rings (SSSR count). The van der Waals surface area contributed by atoms with Crippen molar-refractivity contribution in [1.29, 1.82) is 0 Å². The van der Waals surface area contributed by atoms with Crippen LogP contribution in [0.4, 0.5) is 29.3 Å². The van der Waals surface area contributed by atoms with Crippen molar-refractivity contribution in [2.24, 2.45) is 0 Å². The highest BCUT2D eigenvalue weighted by molar-refractivity contribution is 7.90. The van der Waals surface area contributed by atoms with Crippen molar-refractivity contribution >= 4 is 44.3 Å². The van der Waals surface area contributed by atoms with Gasteiger partial charge in [-0.3, -0.25) is 0 Å². The molecule has 198 valence electrons. The summed E-state index contributed by atoms with van der Waals surface area (Å²) in [7, 11) is -4.35. The first-order chi connectivity index (χ1) is 18.0. The molecule has 4 aromatic rings. The van der Waals surface area contributed by atoms with E-state index in [0.717, 1.165) is 53.6 Å². The van der Waals surface area contributed by atoms with Crippen LogP contribution in [0.1, 0.15) is 18.4 Å². The summed E-state index contributed by atoms with van der Waals surface area (Å²) in [5, 5.41) is 5.22. The Kier molecular flexibility index (Phi) is 5.58. The standard InChI is InChI=1S/C24H19ClF4N6O2S/c25-18-2-1-3-19-20(18)21(32-35(19)38(36,37)17-6-4-15(5-7-17)24(27,28)29)34-11-10-33(14-23(34)8-9-23)22-30-12-16(26)13-31-22/h1-7,12-13H,8-11,14H2. The second kappa shape index (κ2) is 8.53. The highest BCUT2D eigenvalue weighted by Crippen LogP contribution is 2.49. The molecular formula is C24H19ClF4N6O2S. The fraction of sp³-hybridized carbons (Fsp3) is 0.292. The van der Waals surface area contributed by atoms with Gasteiger partial charge in [0.05, 0.1) is 44.3 Å². The summed E-state index contributed by atoms with van der Waals surface area (Å²) in [5.41, 5.74) is -1.11. The van der Waals surface area contributed by atoms with Crippen molar-refractivity contribution in [2.45, 2.75) is 29.5 Å². The maximum atomic E-state index is 13.6. The maximum absolute atomic E-state index is 13.6. The molecule has 1 spiro atoms. The monoisotopic (exact) mass is 566 g/mol. The Labute approximate surface area is 219 Å². The largest absolute Gasteiger partial charge is 0.416 e. The average molecular weight is 567 g/mol. The van der Waals surface area contributed by atoms with Gasteiger partial charge in [-0.1, -0.05) is 17.7 Å². The number of hydrogen-bond acceptors (Lipinski definition) is 7. The van der Waals surface area contributed by atoms with Crippen molar-refractivity contribution in [3.63, 3.8) is 0 Å². The van der Waals surface area contributed by atoms with E-state index in [1.807, 2.05) is 9.80 Å². The van der Waals surface area contributed by atoms with Crippen LogP contribution in [0.5, 0.6) is 0 Å². The number of hydrogen-bond donors (Lipinski definition) is 0. The van der Waals surface area contributed by atoms with Crippen molar-refractivity contribution in [3.8, 4) is 0 Å². The molecular weight excluding hydrogens is 548 g/mol. The molecule has 3 heterocycles. The number of rotatable bonds is 4. The molecule has 0 atom stereocenters. The van der Waals surface area contributed by atoms with Crippen LogP contribution in [0.15, 0.2) is 59.8 Å². The minimum absolute atomic E-state index is 0.215. The van der Waals surface area contributed by atoms with Crippen molar-refractivity contribution in [3.05, 3.63) is 71.3 Å². The zero-order valence-corrected chi connectivity index (χ0v) is 21.1. The second-order valence-corrected chi connectivity index (χ2v) is 11.5. The van der Waals surface area contributed by atoms with E-state index in [0.29, 0.717) is 41.8 Å². The van der Waals surface area contributed by atoms with Gasteiger partial charge >= 0.3 is 6.18 Å². The summed E-state index contributed by atoms with van der Waals surface area (Å²) in [6.07, 6.45) is -0.782. The zero-order valence-electron chi connectivity index (χ0n) is 19.5. The third kappa shape index (κ3) is 4.04. The molecule has 8 nitrogen and oxygen atoms in total. The van der Waals surface area contributed by atoms with Crippen LogP contribution in [0.3, 0.4) is 0 Å². The Morgan fingerprint density at radius 3 is 2.29 bits per heavy atom. The van der Waals surface area contributed by atoms with E-state index in [-0.39, 0.29) is 16.0 Å².